The zero-order valence-electron chi connectivity index (χ0n) is 15.7. The number of hydrogen-bond acceptors (Lipinski definition) is 0. The lowest BCUT2D eigenvalue weighted by molar-refractivity contribution is 1.47. The van der Waals surface area contributed by atoms with Crippen LogP contribution < -0.4 is 0 Å². The average molecular weight is 381 g/mol. The van der Waals surface area contributed by atoms with Gasteiger partial charge in [0.25, 0.3) is 0 Å². The first-order chi connectivity index (χ1) is 13.3. The van der Waals surface area contributed by atoms with Crippen LogP contribution in [-0.4, -0.2) is 0 Å². The highest BCUT2D eigenvalue weighted by Gasteiger charge is 2.04. The molecule has 0 saturated carbocycles. The molecule has 4 aromatic rings. The van der Waals surface area contributed by atoms with E-state index in [0.29, 0.717) is 0 Å². The van der Waals surface area contributed by atoms with E-state index in [1.165, 1.54) is 38.9 Å². The van der Waals surface area contributed by atoms with Crippen LogP contribution in [0.25, 0.3) is 33.4 Å². The lowest BCUT2D eigenvalue weighted by atomic mass is 9.96. The molecule has 0 N–H and O–H groups in total. The third-order valence-electron chi connectivity index (χ3n) is 4.55. The second-order valence-corrected chi connectivity index (χ2v) is 6.39. The minimum Gasteiger partial charge on any atom is -0.106 e. The third kappa shape index (κ3) is 5.80. The first kappa shape index (κ1) is 23.7. The molecule has 0 amide bonds. The van der Waals surface area contributed by atoms with Crippen LogP contribution in [0.2, 0.25) is 0 Å². The smallest absolute Gasteiger partial charge is 0.0178 e. The Hall–Kier alpha value is -3.38. The predicted molar refractivity (Wildman–Crippen MR) is 132 cm³/mol. The monoisotopic (exact) mass is 380 g/mol. The van der Waals surface area contributed by atoms with Crippen LogP contribution >= 0.6 is 0 Å². The lowest BCUT2D eigenvalue weighted by Gasteiger charge is -2.09. The van der Waals surface area contributed by atoms with Gasteiger partial charge in [-0.1, -0.05) is 111 Å². The number of aryl methyl sites for hydroxylation is 1. The van der Waals surface area contributed by atoms with Crippen molar-refractivity contribution in [1.29, 1.82) is 0 Å². The Bertz CT molecular complexity index is 995. The topological polar surface area (TPSA) is 0 Å². The van der Waals surface area contributed by atoms with Gasteiger partial charge in [-0.2, -0.15) is 0 Å². The van der Waals surface area contributed by atoms with Gasteiger partial charge in [-0.25, -0.2) is 0 Å². The van der Waals surface area contributed by atoms with Crippen molar-refractivity contribution in [2.75, 3.05) is 0 Å². The highest BCUT2D eigenvalue weighted by molar-refractivity contribution is 5.76. The van der Waals surface area contributed by atoms with Crippen LogP contribution in [0.15, 0.2) is 116 Å². The van der Waals surface area contributed by atoms with E-state index < -0.39 is 0 Å². The van der Waals surface area contributed by atoms with Crippen LogP contribution in [0.1, 0.15) is 20.4 Å². The summed E-state index contributed by atoms with van der Waals surface area (Å²) in [5.41, 5.74) is 8.79. The summed E-state index contributed by atoms with van der Waals surface area (Å²) in [6, 6.07) is 36.8. The maximum atomic E-state index is 3.00. The van der Waals surface area contributed by atoms with Crippen LogP contribution in [-0.2, 0) is 0 Å². The molecule has 0 heteroatoms. The Kier molecular flexibility index (Phi) is 9.35. The molecule has 0 aliphatic rings. The first-order valence-electron chi connectivity index (χ1n) is 9.12. The van der Waals surface area contributed by atoms with E-state index >= 15 is 0 Å². The molecule has 0 spiro atoms. The van der Waals surface area contributed by atoms with Crippen LogP contribution in [0.3, 0.4) is 0 Å². The maximum Gasteiger partial charge on any atom is -0.0178 e. The minimum atomic E-state index is 0. The van der Waals surface area contributed by atoms with Gasteiger partial charge in [0.15, 0.2) is 0 Å². The van der Waals surface area contributed by atoms with Gasteiger partial charge >= 0.3 is 0 Å². The fourth-order valence-electron chi connectivity index (χ4n) is 3.13. The van der Waals surface area contributed by atoms with Crippen molar-refractivity contribution in [3.05, 3.63) is 122 Å². The highest BCUT2D eigenvalue weighted by Crippen LogP contribution is 2.29. The minimum absolute atomic E-state index is 0. The Balaban J connectivity index is 0.00000102. The molecule has 0 aromatic heterocycles. The molecule has 0 aliphatic carbocycles. The molecule has 0 unspecified atom stereocenters. The zero-order valence-corrected chi connectivity index (χ0v) is 15.7. The molecule has 29 heavy (non-hydrogen) atoms. The Morgan fingerprint density at radius 2 is 0.759 bits per heavy atom. The second kappa shape index (κ2) is 11.5. The van der Waals surface area contributed by atoms with Crippen molar-refractivity contribution < 1.29 is 0 Å². The molecule has 0 radical (unpaired) electrons. The molecule has 0 saturated heterocycles. The SMILES string of the molecule is C.C.C=C.Cc1ccc(-c2cccc(-c3cccc(-c4ccccc4)c3)c2)cc1. The summed E-state index contributed by atoms with van der Waals surface area (Å²) in [6.07, 6.45) is 0. The molecule has 0 bridgehead atoms. The highest BCUT2D eigenvalue weighted by atomic mass is 14.1. The van der Waals surface area contributed by atoms with E-state index in [4.69, 9.17) is 0 Å². The van der Waals surface area contributed by atoms with Gasteiger partial charge in [0, 0.05) is 0 Å². The van der Waals surface area contributed by atoms with Gasteiger partial charge in [-0.3, -0.25) is 0 Å². The second-order valence-electron chi connectivity index (χ2n) is 6.39. The molecule has 4 rings (SSSR count). The predicted octanol–water partition coefficient (Wildman–Crippen LogP) is 9.07. The van der Waals surface area contributed by atoms with Gasteiger partial charge in [0.2, 0.25) is 0 Å². The summed E-state index contributed by atoms with van der Waals surface area (Å²) in [6.45, 7) is 8.12. The molecule has 4 aromatic carbocycles. The Labute approximate surface area is 177 Å². The van der Waals surface area contributed by atoms with Crippen molar-refractivity contribution in [2.45, 2.75) is 21.8 Å². The van der Waals surface area contributed by atoms with Crippen LogP contribution in [0, 0.1) is 6.92 Å². The van der Waals surface area contributed by atoms with E-state index in [0.717, 1.165) is 0 Å². The van der Waals surface area contributed by atoms with Crippen molar-refractivity contribution in [2.24, 2.45) is 0 Å². The summed E-state index contributed by atoms with van der Waals surface area (Å²) in [7, 11) is 0. The van der Waals surface area contributed by atoms with E-state index in [1.54, 1.807) is 0 Å². The molecule has 0 aliphatic heterocycles. The van der Waals surface area contributed by atoms with E-state index in [9.17, 15) is 0 Å². The first-order valence-corrected chi connectivity index (χ1v) is 9.12. The van der Waals surface area contributed by atoms with Gasteiger partial charge in [-0.15, -0.1) is 13.2 Å². The van der Waals surface area contributed by atoms with Crippen molar-refractivity contribution in [1.82, 2.24) is 0 Å². The molecular formula is C29H32. The molecule has 0 heterocycles. The number of hydrogen-bond donors (Lipinski definition) is 0. The largest absolute Gasteiger partial charge is 0.106 e. The van der Waals surface area contributed by atoms with Gasteiger partial charge in [-0.05, 0) is 52.4 Å². The fraction of sp³-hybridized carbons (Fsp3) is 0.103. The molecule has 0 nitrogen and oxygen atoms in total. The van der Waals surface area contributed by atoms with Crippen LogP contribution in [0.4, 0.5) is 0 Å². The third-order valence-corrected chi connectivity index (χ3v) is 4.55. The fourth-order valence-corrected chi connectivity index (χ4v) is 3.13. The van der Waals surface area contributed by atoms with Gasteiger partial charge < -0.3 is 0 Å². The molecule has 148 valence electrons. The Morgan fingerprint density at radius 3 is 1.21 bits per heavy atom. The lowest BCUT2D eigenvalue weighted by Crippen LogP contribution is -1.83. The quantitative estimate of drug-likeness (QED) is 0.311. The normalized spacial score (nSPS) is 9.28. The molecule has 0 atom stereocenters. The number of benzene rings is 4. The van der Waals surface area contributed by atoms with E-state index in [-0.39, 0.29) is 14.9 Å². The number of rotatable bonds is 3. The summed E-state index contributed by atoms with van der Waals surface area (Å²) in [5, 5.41) is 0. The average Bonchev–Trinajstić information content (AvgIpc) is 2.76. The van der Waals surface area contributed by atoms with E-state index in [2.05, 4.69) is 123 Å². The summed E-state index contributed by atoms with van der Waals surface area (Å²) >= 11 is 0. The van der Waals surface area contributed by atoms with E-state index in [1.807, 2.05) is 0 Å². The van der Waals surface area contributed by atoms with Crippen LogP contribution in [0.5, 0.6) is 0 Å². The van der Waals surface area contributed by atoms with Crippen molar-refractivity contribution in [3.63, 3.8) is 0 Å². The summed E-state index contributed by atoms with van der Waals surface area (Å²) in [4.78, 5) is 0. The zero-order chi connectivity index (χ0) is 19.1. The van der Waals surface area contributed by atoms with Gasteiger partial charge in [0.05, 0.1) is 0 Å². The summed E-state index contributed by atoms with van der Waals surface area (Å²) < 4.78 is 0. The maximum absolute atomic E-state index is 3.00. The van der Waals surface area contributed by atoms with Gasteiger partial charge in [0.1, 0.15) is 0 Å². The summed E-state index contributed by atoms with van der Waals surface area (Å²) in [5.74, 6) is 0. The molecule has 0 fully saturated rings. The van der Waals surface area contributed by atoms with Crippen molar-refractivity contribution in [3.8, 4) is 33.4 Å². The van der Waals surface area contributed by atoms with Crippen molar-refractivity contribution >= 4 is 0 Å². The standard InChI is InChI=1S/C25H20.C2H4.2CH4/c1-19-13-15-21(16-14-19)23-10-6-12-25(18-23)24-11-5-9-22(17-24)20-7-3-2-4-8-20;1-2;;/h2-18H,1H3;1-2H2;2*1H4. The molecular weight excluding hydrogens is 348 g/mol. The Morgan fingerprint density at radius 1 is 0.414 bits per heavy atom.